The van der Waals surface area contributed by atoms with Crippen LogP contribution in [0.25, 0.3) is 0 Å². The SMILES string of the molecule is CC(=O)OCC(=O)[C@]12OC3(CCCC3)O[C@@H]1C[C@@H]1[C@H]3CCC4=CC(=O)C=C[C@]4(C)[C@]3(F)[C@@H](O)C[C@@]12C. The Hall–Kier alpha value is -1.90. The lowest BCUT2D eigenvalue weighted by Crippen LogP contribution is -2.70. The predicted octanol–water partition coefficient (Wildman–Crippen LogP) is 3.52. The third-order valence-electron chi connectivity index (χ3n) is 10.7. The van der Waals surface area contributed by atoms with Crippen LogP contribution in [0.15, 0.2) is 23.8 Å². The average Bonchev–Trinajstić information content (AvgIpc) is 3.47. The number of ketones is 2. The minimum Gasteiger partial charge on any atom is -0.458 e. The molecule has 0 bridgehead atoms. The zero-order chi connectivity index (χ0) is 25.7. The van der Waals surface area contributed by atoms with Gasteiger partial charge in [0.15, 0.2) is 29.4 Å². The number of Topliss-reactive ketones (excluding diaryl/α,β-unsaturated/α-hetero) is 1. The molecule has 4 saturated carbocycles. The molecule has 7 nitrogen and oxygen atoms in total. The van der Waals surface area contributed by atoms with Crippen molar-refractivity contribution in [1.29, 1.82) is 0 Å². The Balaban J connectivity index is 1.44. The number of rotatable bonds is 3. The van der Waals surface area contributed by atoms with Gasteiger partial charge in [0, 0.05) is 36.5 Å². The fraction of sp³-hybridized carbons (Fsp3) is 0.750. The molecule has 1 spiro atoms. The Labute approximate surface area is 210 Å². The van der Waals surface area contributed by atoms with Crippen molar-refractivity contribution in [3.63, 3.8) is 0 Å². The Morgan fingerprint density at radius 2 is 1.94 bits per heavy atom. The van der Waals surface area contributed by atoms with Crippen LogP contribution in [0.1, 0.15) is 72.1 Å². The molecule has 5 fully saturated rings. The largest absolute Gasteiger partial charge is 0.458 e. The molecule has 0 radical (unpaired) electrons. The van der Waals surface area contributed by atoms with E-state index in [1.165, 1.54) is 19.1 Å². The molecule has 0 aromatic carbocycles. The van der Waals surface area contributed by atoms with E-state index in [1.54, 1.807) is 13.0 Å². The molecule has 6 aliphatic rings. The summed E-state index contributed by atoms with van der Waals surface area (Å²) in [6, 6.07) is 0. The van der Waals surface area contributed by atoms with E-state index in [0.29, 0.717) is 37.7 Å². The van der Waals surface area contributed by atoms with E-state index in [4.69, 9.17) is 14.2 Å². The van der Waals surface area contributed by atoms with E-state index in [1.807, 2.05) is 6.92 Å². The Morgan fingerprint density at radius 1 is 1.22 bits per heavy atom. The van der Waals surface area contributed by atoms with Gasteiger partial charge in [-0.2, -0.15) is 0 Å². The summed E-state index contributed by atoms with van der Waals surface area (Å²) in [5.41, 5.74) is -4.72. The first-order valence-electron chi connectivity index (χ1n) is 13.3. The first-order valence-corrected chi connectivity index (χ1v) is 13.3. The van der Waals surface area contributed by atoms with E-state index in [-0.39, 0.29) is 23.9 Å². The van der Waals surface area contributed by atoms with Crippen LogP contribution in [0, 0.1) is 22.7 Å². The highest BCUT2D eigenvalue weighted by molar-refractivity contribution is 6.01. The van der Waals surface area contributed by atoms with Gasteiger partial charge in [-0.1, -0.05) is 18.6 Å². The fourth-order valence-corrected chi connectivity index (χ4v) is 9.04. The maximum Gasteiger partial charge on any atom is 0.303 e. The van der Waals surface area contributed by atoms with Crippen LogP contribution in [0.3, 0.4) is 0 Å². The van der Waals surface area contributed by atoms with Crippen molar-refractivity contribution < 1.29 is 38.1 Å². The van der Waals surface area contributed by atoms with Crippen molar-refractivity contribution in [3.05, 3.63) is 23.8 Å². The highest BCUT2D eigenvalue weighted by Gasteiger charge is 2.80. The number of fused-ring (bicyclic) bond motifs is 7. The molecule has 0 amide bonds. The lowest BCUT2D eigenvalue weighted by Gasteiger charge is -2.62. The van der Waals surface area contributed by atoms with E-state index in [9.17, 15) is 19.5 Å². The summed E-state index contributed by atoms with van der Waals surface area (Å²) < 4.78 is 35.8. The molecule has 36 heavy (non-hydrogen) atoms. The van der Waals surface area contributed by atoms with Crippen molar-refractivity contribution in [2.75, 3.05) is 6.61 Å². The van der Waals surface area contributed by atoms with Crippen molar-refractivity contribution in [2.45, 2.75) is 101 Å². The number of carbonyl (C=O) groups excluding carboxylic acids is 3. The highest BCUT2D eigenvalue weighted by atomic mass is 19.1. The smallest absolute Gasteiger partial charge is 0.303 e. The van der Waals surface area contributed by atoms with Gasteiger partial charge in [-0.15, -0.1) is 0 Å². The van der Waals surface area contributed by atoms with Gasteiger partial charge in [0.2, 0.25) is 5.78 Å². The van der Waals surface area contributed by atoms with Crippen molar-refractivity contribution in [1.82, 2.24) is 0 Å². The molecule has 1 aliphatic heterocycles. The molecule has 1 heterocycles. The summed E-state index contributed by atoms with van der Waals surface area (Å²) in [6.07, 6.45) is 7.23. The summed E-state index contributed by atoms with van der Waals surface area (Å²) in [7, 11) is 0. The zero-order valence-electron chi connectivity index (χ0n) is 21.2. The second kappa shape index (κ2) is 7.58. The first kappa shape index (κ1) is 24.4. The van der Waals surface area contributed by atoms with Crippen LogP contribution in [0.5, 0.6) is 0 Å². The normalized spacial score (nSPS) is 48.1. The molecule has 196 valence electrons. The number of esters is 1. The van der Waals surface area contributed by atoms with Crippen molar-refractivity contribution in [2.24, 2.45) is 22.7 Å². The summed E-state index contributed by atoms with van der Waals surface area (Å²) in [4.78, 5) is 37.5. The van der Waals surface area contributed by atoms with E-state index in [2.05, 4.69) is 0 Å². The molecular formula is C28H35FO7. The molecule has 0 aromatic heterocycles. The van der Waals surface area contributed by atoms with E-state index >= 15 is 4.39 Å². The van der Waals surface area contributed by atoms with E-state index < -0.39 is 58.6 Å². The number of hydrogen-bond donors (Lipinski definition) is 1. The van der Waals surface area contributed by atoms with Gasteiger partial charge in [-0.05, 0) is 63.5 Å². The Kier molecular flexibility index (Phi) is 5.14. The van der Waals surface area contributed by atoms with Crippen LogP contribution in [0.2, 0.25) is 0 Å². The summed E-state index contributed by atoms with van der Waals surface area (Å²) in [6.45, 7) is 4.52. The van der Waals surface area contributed by atoms with Gasteiger partial charge in [0.05, 0.1) is 12.2 Å². The summed E-state index contributed by atoms with van der Waals surface area (Å²) >= 11 is 0. The number of aliphatic hydroxyl groups excluding tert-OH is 1. The van der Waals surface area contributed by atoms with Gasteiger partial charge in [0.1, 0.15) is 0 Å². The van der Waals surface area contributed by atoms with Crippen LogP contribution in [0.4, 0.5) is 4.39 Å². The molecule has 8 heteroatoms. The molecule has 8 atom stereocenters. The third-order valence-corrected chi connectivity index (χ3v) is 10.7. The molecule has 6 rings (SSSR count). The molecule has 5 aliphatic carbocycles. The van der Waals surface area contributed by atoms with Crippen molar-refractivity contribution >= 4 is 17.5 Å². The lowest BCUT2D eigenvalue weighted by molar-refractivity contribution is -0.253. The average molecular weight is 503 g/mol. The van der Waals surface area contributed by atoms with Crippen LogP contribution in [-0.2, 0) is 28.6 Å². The molecular weight excluding hydrogens is 467 g/mol. The van der Waals surface area contributed by atoms with Crippen LogP contribution in [-0.4, -0.2) is 58.5 Å². The monoisotopic (exact) mass is 502 g/mol. The number of hydrogen-bond acceptors (Lipinski definition) is 7. The number of halogens is 1. The van der Waals surface area contributed by atoms with Gasteiger partial charge in [0.25, 0.3) is 0 Å². The maximum absolute atomic E-state index is 17.4. The zero-order valence-corrected chi connectivity index (χ0v) is 21.2. The third kappa shape index (κ3) is 2.81. The van der Waals surface area contributed by atoms with E-state index in [0.717, 1.165) is 12.8 Å². The number of allylic oxidation sites excluding steroid dienone is 4. The molecule has 0 aromatic rings. The minimum atomic E-state index is -2.00. The number of carbonyl (C=O) groups is 3. The van der Waals surface area contributed by atoms with Crippen molar-refractivity contribution in [3.8, 4) is 0 Å². The molecule has 0 unspecified atom stereocenters. The number of aliphatic hydroxyl groups is 1. The maximum atomic E-state index is 17.4. The lowest BCUT2D eigenvalue weighted by atomic mass is 9.44. The van der Waals surface area contributed by atoms with Crippen LogP contribution >= 0.6 is 0 Å². The first-order chi connectivity index (χ1) is 16.9. The Morgan fingerprint density at radius 3 is 2.64 bits per heavy atom. The van der Waals surface area contributed by atoms with Gasteiger partial charge in [-0.25, -0.2) is 4.39 Å². The highest BCUT2D eigenvalue weighted by Crippen LogP contribution is 2.73. The molecule has 1 N–H and O–H groups in total. The fourth-order valence-electron chi connectivity index (χ4n) is 9.04. The standard InChI is InChI=1S/C28H35FO7/c1-16(30)34-15-22(33)28-23(35-26(36-28)9-4-5-10-26)13-20-19-7-6-17-12-18(31)8-11-24(17,2)27(19,29)21(32)14-25(20,28)3/h8,11-12,19-21,23,32H,4-7,9-10,13-15H2,1-3H3/t19-,20-,21+,23-,24+,25+,27-,28+/m1/s1. The second-order valence-electron chi connectivity index (χ2n) is 12.3. The summed E-state index contributed by atoms with van der Waals surface area (Å²) in [5, 5.41) is 11.6. The van der Waals surface area contributed by atoms with Gasteiger partial charge in [-0.3, -0.25) is 14.4 Å². The molecule has 1 saturated heterocycles. The quantitative estimate of drug-likeness (QED) is 0.590. The van der Waals surface area contributed by atoms with Gasteiger partial charge < -0.3 is 19.3 Å². The summed E-state index contributed by atoms with van der Waals surface area (Å²) in [5.74, 6) is -2.80. The van der Waals surface area contributed by atoms with Crippen LogP contribution < -0.4 is 0 Å². The number of alkyl halides is 1. The predicted molar refractivity (Wildman–Crippen MR) is 125 cm³/mol. The topological polar surface area (TPSA) is 99.1 Å². The second-order valence-corrected chi connectivity index (χ2v) is 12.3. The van der Waals surface area contributed by atoms with Gasteiger partial charge >= 0.3 is 5.97 Å². The number of ether oxygens (including phenoxy) is 3. The minimum absolute atomic E-state index is 0.0110. The Bertz CT molecular complexity index is 1090.